The maximum Gasteiger partial charge on any atom is 0.220 e. The summed E-state index contributed by atoms with van der Waals surface area (Å²) in [6.07, 6.45) is 2.63. The van der Waals surface area contributed by atoms with E-state index >= 15 is 0 Å². The normalized spacial score (nSPS) is 16.7. The first-order chi connectivity index (χ1) is 9.31. The van der Waals surface area contributed by atoms with Gasteiger partial charge in [0, 0.05) is 5.92 Å². The van der Waals surface area contributed by atoms with Crippen molar-refractivity contribution in [1.82, 2.24) is 15.5 Å². The summed E-state index contributed by atoms with van der Waals surface area (Å²) in [5, 5.41) is 11.5. The fraction of sp³-hybridized carbons (Fsp3) is 0.429. The second kappa shape index (κ2) is 5.48. The molecule has 0 saturated carbocycles. The summed E-state index contributed by atoms with van der Waals surface area (Å²) in [6, 6.07) is 6.37. The van der Waals surface area contributed by atoms with Crippen molar-refractivity contribution in [1.29, 1.82) is 0 Å². The maximum absolute atomic E-state index is 12.8. The summed E-state index contributed by atoms with van der Waals surface area (Å²) in [6.45, 7) is 2.00. The van der Waals surface area contributed by atoms with Gasteiger partial charge < -0.3 is 9.73 Å². The Kier molecular flexibility index (Phi) is 3.55. The molecule has 19 heavy (non-hydrogen) atoms. The molecule has 4 nitrogen and oxygen atoms in total. The van der Waals surface area contributed by atoms with Gasteiger partial charge in [0.15, 0.2) is 0 Å². The van der Waals surface area contributed by atoms with E-state index in [1.165, 1.54) is 12.1 Å². The Bertz CT molecular complexity index is 532. The zero-order chi connectivity index (χ0) is 13.1. The molecule has 0 atom stereocenters. The fourth-order valence-electron chi connectivity index (χ4n) is 2.35. The number of hydrogen-bond acceptors (Lipinski definition) is 4. The van der Waals surface area contributed by atoms with E-state index in [0.717, 1.165) is 37.4 Å². The molecule has 0 radical (unpaired) electrons. The second-order valence-corrected chi connectivity index (χ2v) is 4.86. The van der Waals surface area contributed by atoms with Gasteiger partial charge in [-0.05, 0) is 43.6 Å². The van der Waals surface area contributed by atoms with E-state index in [2.05, 4.69) is 15.5 Å². The van der Waals surface area contributed by atoms with Crippen LogP contribution >= 0.6 is 0 Å². The van der Waals surface area contributed by atoms with Crippen LogP contribution < -0.4 is 5.32 Å². The van der Waals surface area contributed by atoms with Gasteiger partial charge in [-0.25, -0.2) is 4.39 Å². The second-order valence-electron chi connectivity index (χ2n) is 4.86. The van der Waals surface area contributed by atoms with E-state index in [9.17, 15) is 4.39 Å². The van der Waals surface area contributed by atoms with Crippen molar-refractivity contribution < 1.29 is 8.81 Å². The lowest BCUT2D eigenvalue weighted by atomic mass is 9.98. The highest BCUT2D eigenvalue weighted by atomic mass is 19.1. The standard InChI is InChI=1S/C14H16FN3O/c15-12-3-1-10(2-4-12)9-13-17-18-14(19-13)11-5-7-16-8-6-11/h1-4,11,16H,5-9H2. The molecule has 5 heteroatoms. The molecule has 0 unspecified atom stereocenters. The summed E-state index contributed by atoms with van der Waals surface area (Å²) in [4.78, 5) is 0. The van der Waals surface area contributed by atoms with Gasteiger partial charge in [0.1, 0.15) is 5.82 Å². The average molecular weight is 261 g/mol. The highest BCUT2D eigenvalue weighted by molar-refractivity contribution is 5.19. The Balaban J connectivity index is 1.68. The van der Waals surface area contributed by atoms with Crippen molar-refractivity contribution in [3.05, 3.63) is 47.4 Å². The Morgan fingerprint density at radius 1 is 1.16 bits per heavy atom. The van der Waals surface area contributed by atoms with Gasteiger partial charge in [0.2, 0.25) is 11.8 Å². The summed E-state index contributed by atoms with van der Waals surface area (Å²) in [7, 11) is 0. The third kappa shape index (κ3) is 2.98. The van der Waals surface area contributed by atoms with Crippen LogP contribution in [-0.2, 0) is 6.42 Å². The van der Waals surface area contributed by atoms with Gasteiger partial charge in [0.05, 0.1) is 6.42 Å². The first-order valence-corrected chi connectivity index (χ1v) is 6.59. The number of nitrogens with zero attached hydrogens (tertiary/aromatic N) is 2. The van der Waals surface area contributed by atoms with Gasteiger partial charge in [-0.1, -0.05) is 12.1 Å². The number of hydrogen-bond donors (Lipinski definition) is 1. The molecule has 1 fully saturated rings. The highest BCUT2D eigenvalue weighted by Crippen LogP contribution is 2.24. The number of nitrogens with one attached hydrogen (secondary N) is 1. The first kappa shape index (κ1) is 12.3. The molecule has 1 aliphatic rings. The van der Waals surface area contributed by atoms with E-state index < -0.39 is 0 Å². The van der Waals surface area contributed by atoms with Crippen molar-refractivity contribution in [3.8, 4) is 0 Å². The number of benzene rings is 1. The molecule has 0 amide bonds. The summed E-state index contributed by atoms with van der Waals surface area (Å²) in [5.74, 6) is 1.47. The van der Waals surface area contributed by atoms with Crippen LogP contribution in [0.25, 0.3) is 0 Å². The summed E-state index contributed by atoms with van der Waals surface area (Å²) < 4.78 is 18.5. The lowest BCUT2D eigenvalue weighted by Crippen LogP contribution is -2.26. The molecule has 100 valence electrons. The summed E-state index contributed by atoms with van der Waals surface area (Å²) >= 11 is 0. The molecule has 3 rings (SSSR count). The Hall–Kier alpha value is -1.75. The first-order valence-electron chi connectivity index (χ1n) is 6.59. The molecule has 0 aliphatic carbocycles. The lowest BCUT2D eigenvalue weighted by molar-refractivity contribution is 0.363. The van der Waals surface area contributed by atoms with Gasteiger partial charge in [0.25, 0.3) is 0 Å². The van der Waals surface area contributed by atoms with E-state index in [0.29, 0.717) is 18.2 Å². The Morgan fingerprint density at radius 3 is 2.63 bits per heavy atom. The van der Waals surface area contributed by atoms with E-state index in [1.54, 1.807) is 12.1 Å². The van der Waals surface area contributed by atoms with E-state index in [4.69, 9.17) is 4.42 Å². The van der Waals surface area contributed by atoms with Crippen LogP contribution in [0.1, 0.15) is 36.1 Å². The highest BCUT2D eigenvalue weighted by Gasteiger charge is 2.20. The van der Waals surface area contributed by atoms with Gasteiger partial charge in [-0.15, -0.1) is 10.2 Å². The molecule has 1 saturated heterocycles. The van der Waals surface area contributed by atoms with Crippen LogP contribution in [0.2, 0.25) is 0 Å². The van der Waals surface area contributed by atoms with Crippen LogP contribution in [-0.4, -0.2) is 23.3 Å². The van der Waals surface area contributed by atoms with Crippen molar-refractivity contribution in [2.24, 2.45) is 0 Å². The van der Waals surface area contributed by atoms with Gasteiger partial charge in [-0.2, -0.15) is 0 Å². The molecule has 0 spiro atoms. The zero-order valence-electron chi connectivity index (χ0n) is 10.6. The zero-order valence-corrected chi connectivity index (χ0v) is 10.6. The van der Waals surface area contributed by atoms with Crippen LogP contribution in [0.15, 0.2) is 28.7 Å². The lowest BCUT2D eigenvalue weighted by Gasteiger charge is -2.18. The molecular weight excluding hydrogens is 245 g/mol. The Labute approximate surface area is 111 Å². The molecule has 1 N–H and O–H groups in total. The largest absolute Gasteiger partial charge is 0.425 e. The van der Waals surface area contributed by atoms with Crippen molar-refractivity contribution >= 4 is 0 Å². The Morgan fingerprint density at radius 2 is 1.89 bits per heavy atom. The van der Waals surface area contributed by atoms with Crippen LogP contribution in [0.4, 0.5) is 4.39 Å². The molecule has 2 aromatic rings. The third-order valence-corrected chi connectivity index (χ3v) is 3.44. The number of rotatable bonds is 3. The molecule has 0 bridgehead atoms. The molecule has 2 heterocycles. The quantitative estimate of drug-likeness (QED) is 0.920. The van der Waals surface area contributed by atoms with Crippen LogP contribution in [0, 0.1) is 5.82 Å². The monoisotopic (exact) mass is 261 g/mol. The average Bonchev–Trinajstić information content (AvgIpc) is 2.91. The van der Waals surface area contributed by atoms with Crippen molar-refractivity contribution in [2.45, 2.75) is 25.2 Å². The topological polar surface area (TPSA) is 51.0 Å². The number of halogens is 1. The van der Waals surface area contributed by atoms with Crippen molar-refractivity contribution in [3.63, 3.8) is 0 Å². The predicted octanol–water partition coefficient (Wildman–Crippen LogP) is 2.27. The molecule has 1 aliphatic heterocycles. The van der Waals surface area contributed by atoms with Gasteiger partial charge >= 0.3 is 0 Å². The van der Waals surface area contributed by atoms with E-state index in [-0.39, 0.29) is 5.82 Å². The molecular formula is C14H16FN3O. The van der Waals surface area contributed by atoms with Gasteiger partial charge in [-0.3, -0.25) is 0 Å². The van der Waals surface area contributed by atoms with E-state index in [1.807, 2.05) is 0 Å². The number of piperidine rings is 1. The van der Waals surface area contributed by atoms with Crippen LogP contribution in [0.5, 0.6) is 0 Å². The smallest absolute Gasteiger partial charge is 0.220 e. The SMILES string of the molecule is Fc1ccc(Cc2nnc(C3CCNCC3)o2)cc1. The minimum atomic E-state index is -0.232. The fourth-order valence-corrected chi connectivity index (χ4v) is 2.35. The van der Waals surface area contributed by atoms with Crippen LogP contribution in [0.3, 0.4) is 0 Å². The minimum absolute atomic E-state index is 0.232. The predicted molar refractivity (Wildman–Crippen MR) is 68.3 cm³/mol. The third-order valence-electron chi connectivity index (χ3n) is 3.44. The maximum atomic E-state index is 12.8. The molecule has 1 aromatic heterocycles. The summed E-state index contributed by atoms with van der Waals surface area (Å²) in [5.41, 5.74) is 0.974. The van der Waals surface area contributed by atoms with Crippen molar-refractivity contribution in [2.75, 3.05) is 13.1 Å². The minimum Gasteiger partial charge on any atom is -0.425 e. The number of aromatic nitrogens is 2. The molecule has 1 aromatic carbocycles.